The summed E-state index contributed by atoms with van der Waals surface area (Å²) in [5, 5.41) is 0. The van der Waals surface area contributed by atoms with Crippen LogP contribution in [0.5, 0.6) is 0 Å². The van der Waals surface area contributed by atoms with Crippen LogP contribution in [0.25, 0.3) is 0 Å². The average molecular weight is 295 g/mol. The predicted molar refractivity (Wildman–Crippen MR) is 83.5 cm³/mol. The van der Waals surface area contributed by atoms with Crippen molar-refractivity contribution in [2.45, 2.75) is 26.7 Å². The first-order valence-corrected chi connectivity index (χ1v) is 7.58. The molecule has 8 heteroatoms. The molecule has 0 saturated carbocycles. The number of unbranched alkanes of at least 4 members (excludes halogenated alkanes) is 1. The molecule has 1 aromatic rings. The third-order valence-electron chi connectivity index (χ3n) is 3.48. The number of nitrogens with one attached hydrogen (secondary N) is 1. The fourth-order valence-electron chi connectivity index (χ4n) is 2.21. The lowest BCUT2D eigenvalue weighted by Crippen LogP contribution is -2.38. The van der Waals surface area contributed by atoms with Gasteiger partial charge in [-0.1, -0.05) is 13.3 Å². The molecule has 0 amide bonds. The van der Waals surface area contributed by atoms with Gasteiger partial charge in [0, 0.05) is 26.2 Å². The summed E-state index contributed by atoms with van der Waals surface area (Å²) in [5.41, 5.74) is 2.54. The lowest BCUT2D eigenvalue weighted by Gasteiger charge is -2.28. The summed E-state index contributed by atoms with van der Waals surface area (Å²) in [5.74, 6) is 7.23. The molecule has 1 saturated heterocycles. The molecular weight excluding hydrogens is 270 g/mol. The molecule has 21 heavy (non-hydrogen) atoms. The van der Waals surface area contributed by atoms with Crippen molar-refractivity contribution in [2.75, 3.05) is 54.6 Å². The van der Waals surface area contributed by atoms with Crippen molar-refractivity contribution in [1.82, 2.24) is 15.0 Å². The number of aromatic nitrogens is 3. The Morgan fingerprint density at radius 3 is 2.62 bits per heavy atom. The van der Waals surface area contributed by atoms with E-state index in [4.69, 9.17) is 10.6 Å². The largest absolute Gasteiger partial charge is 0.378 e. The number of hydrogen-bond acceptors (Lipinski definition) is 8. The number of nitrogens with zero attached hydrogens (tertiary/aromatic N) is 5. The third-order valence-corrected chi connectivity index (χ3v) is 3.48. The van der Waals surface area contributed by atoms with E-state index in [1.54, 1.807) is 0 Å². The zero-order valence-corrected chi connectivity index (χ0v) is 12.9. The second-order valence-corrected chi connectivity index (χ2v) is 4.94. The number of rotatable bonds is 7. The zero-order chi connectivity index (χ0) is 15.1. The SMILES string of the molecule is CCCCN(CC)c1nc(NN)nc(N2CCOCC2)n1. The molecule has 0 bridgehead atoms. The second kappa shape index (κ2) is 7.94. The van der Waals surface area contributed by atoms with Crippen molar-refractivity contribution >= 4 is 17.8 Å². The Hall–Kier alpha value is -1.67. The minimum Gasteiger partial charge on any atom is -0.378 e. The van der Waals surface area contributed by atoms with Gasteiger partial charge in [0.05, 0.1) is 13.2 Å². The topological polar surface area (TPSA) is 92.4 Å². The minimum atomic E-state index is 0.399. The standard InChI is InChI=1S/C13H25N7O/c1-3-5-6-19(4-2)12-15-11(18-14)16-13(17-12)20-7-9-21-10-8-20/h3-10,14H2,1-2H3,(H,15,16,17,18). The van der Waals surface area contributed by atoms with E-state index in [2.05, 4.69) is 44.0 Å². The quantitative estimate of drug-likeness (QED) is 0.558. The molecule has 0 aromatic carbocycles. The third kappa shape index (κ3) is 4.15. The Morgan fingerprint density at radius 2 is 2.00 bits per heavy atom. The molecule has 1 aromatic heterocycles. The lowest BCUT2D eigenvalue weighted by molar-refractivity contribution is 0.122. The molecule has 0 aliphatic carbocycles. The second-order valence-electron chi connectivity index (χ2n) is 4.94. The Balaban J connectivity index is 2.23. The molecule has 0 unspecified atom stereocenters. The zero-order valence-electron chi connectivity index (χ0n) is 12.9. The van der Waals surface area contributed by atoms with Crippen molar-refractivity contribution in [1.29, 1.82) is 0 Å². The van der Waals surface area contributed by atoms with Crippen LogP contribution in [0.15, 0.2) is 0 Å². The molecule has 3 N–H and O–H groups in total. The maximum absolute atomic E-state index is 5.49. The van der Waals surface area contributed by atoms with Crippen LogP contribution >= 0.6 is 0 Å². The van der Waals surface area contributed by atoms with E-state index in [0.29, 0.717) is 31.1 Å². The van der Waals surface area contributed by atoms with Crippen LogP contribution in [0.2, 0.25) is 0 Å². The Kier molecular flexibility index (Phi) is 5.94. The van der Waals surface area contributed by atoms with E-state index in [1.165, 1.54) is 0 Å². The molecule has 8 nitrogen and oxygen atoms in total. The van der Waals surface area contributed by atoms with Crippen LogP contribution in [0.4, 0.5) is 17.8 Å². The maximum atomic E-state index is 5.49. The summed E-state index contributed by atoms with van der Waals surface area (Å²) >= 11 is 0. The van der Waals surface area contributed by atoms with E-state index in [9.17, 15) is 0 Å². The van der Waals surface area contributed by atoms with E-state index in [1.807, 2.05) is 0 Å². The molecule has 2 heterocycles. The normalized spacial score (nSPS) is 15.1. The molecule has 118 valence electrons. The highest BCUT2D eigenvalue weighted by atomic mass is 16.5. The van der Waals surface area contributed by atoms with E-state index in [-0.39, 0.29) is 0 Å². The van der Waals surface area contributed by atoms with Gasteiger partial charge in [-0.15, -0.1) is 0 Å². The Bertz CT molecular complexity index is 437. The Morgan fingerprint density at radius 1 is 1.24 bits per heavy atom. The molecular formula is C13H25N7O. The first-order valence-electron chi connectivity index (χ1n) is 7.58. The lowest BCUT2D eigenvalue weighted by atomic mass is 10.3. The summed E-state index contributed by atoms with van der Waals surface area (Å²) in [6, 6.07) is 0. The molecule has 1 fully saturated rings. The van der Waals surface area contributed by atoms with Gasteiger partial charge in [-0.3, -0.25) is 5.43 Å². The van der Waals surface area contributed by atoms with Gasteiger partial charge in [-0.25, -0.2) is 5.84 Å². The van der Waals surface area contributed by atoms with Gasteiger partial charge < -0.3 is 14.5 Å². The highest BCUT2D eigenvalue weighted by Gasteiger charge is 2.18. The van der Waals surface area contributed by atoms with Gasteiger partial charge in [-0.05, 0) is 13.3 Å². The number of hydrazine groups is 1. The summed E-state index contributed by atoms with van der Waals surface area (Å²) in [7, 11) is 0. The number of morpholine rings is 1. The van der Waals surface area contributed by atoms with Crippen molar-refractivity contribution in [3.63, 3.8) is 0 Å². The summed E-state index contributed by atoms with van der Waals surface area (Å²) in [6.07, 6.45) is 2.25. The smallest absolute Gasteiger partial charge is 0.243 e. The molecule has 0 radical (unpaired) electrons. The van der Waals surface area contributed by atoms with Crippen LogP contribution in [-0.2, 0) is 4.74 Å². The number of hydrogen-bond donors (Lipinski definition) is 2. The first kappa shape index (κ1) is 15.7. The van der Waals surface area contributed by atoms with E-state index >= 15 is 0 Å². The molecule has 1 aliphatic rings. The summed E-state index contributed by atoms with van der Waals surface area (Å²) in [4.78, 5) is 17.6. The summed E-state index contributed by atoms with van der Waals surface area (Å²) < 4.78 is 5.37. The number of nitrogen functional groups attached to an aromatic ring is 1. The van der Waals surface area contributed by atoms with E-state index < -0.39 is 0 Å². The molecule has 2 rings (SSSR count). The minimum absolute atomic E-state index is 0.399. The fourth-order valence-corrected chi connectivity index (χ4v) is 2.21. The fraction of sp³-hybridized carbons (Fsp3) is 0.769. The van der Waals surface area contributed by atoms with E-state index in [0.717, 1.165) is 39.0 Å². The Labute approximate surface area is 125 Å². The highest BCUT2D eigenvalue weighted by molar-refractivity contribution is 5.45. The maximum Gasteiger partial charge on any atom is 0.243 e. The number of nitrogens with two attached hydrogens (primary N) is 1. The predicted octanol–water partition coefficient (Wildman–Crippen LogP) is 0.620. The van der Waals surface area contributed by atoms with Crippen LogP contribution in [0, 0.1) is 0 Å². The van der Waals surface area contributed by atoms with Crippen LogP contribution < -0.4 is 21.1 Å². The van der Waals surface area contributed by atoms with Gasteiger partial charge in [0.25, 0.3) is 0 Å². The monoisotopic (exact) mass is 295 g/mol. The van der Waals surface area contributed by atoms with Crippen molar-refractivity contribution < 1.29 is 4.74 Å². The molecule has 0 spiro atoms. The first-order chi connectivity index (χ1) is 10.3. The van der Waals surface area contributed by atoms with Crippen molar-refractivity contribution in [3.05, 3.63) is 0 Å². The van der Waals surface area contributed by atoms with Crippen molar-refractivity contribution in [3.8, 4) is 0 Å². The van der Waals surface area contributed by atoms with Gasteiger partial charge in [0.2, 0.25) is 17.8 Å². The van der Waals surface area contributed by atoms with Crippen LogP contribution in [0.3, 0.4) is 0 Å². The molecule has 0 atom stereocenters. The van der Waals surface area contributed by atoms with Gasteiger partial charge in [0.1, 0.15) is 0 Å². The highest BCUT2D eigenvalue weighted by Crippen LogP contribution is 2.17. The van der Waals surface area contributed by atoms with Gasteiger partial charge >= 0.3 is 0 Å². The van der Waals surface area contributed by atoms with Gasteiger partial charge in [-0.2, -0.15) is 15.0 Å². The summed E-state index contributed by atoms with van der Waals surface area (Å²) in [6.45, 7) is 9.03. The van der Waals surface area contributed by atoms with Gasteiger partial charge in [0.15, 0.2) is 0 Å². The number of anilines is 3. The van der Waals surface area contributed by atoms with Crippen LogP contribution in [-0.4, -0.2) is 54.3 Å². The van der Waals surface area contributed by atoms with Crippen LogP contribution in [0.1, 0.15) is 26.7 Å². The average Bonchev–Trinajstić information content (AvgIpc) is 2.56. The number of ether oxygens (including phenoxy) is 1. The molecule has 1 aliphatic heterocycles. The van der Waals surface area contributed by atoms with Crippen molar-refractivity contribution in [2.24, 2.45) is 5.84 Å².